The van der Waals surface area contributed by atoms with Gasteiger partial charge in [-0.15, -0.1) is 0 Å². The van der Waals surface area contributed by atoms with Gasteiger partial charge in [0.05, 0.1) is 4.90 Å². The first kappa shape index (κ1) is 23.3. The first-order valence-corrected chi connectivity index (χ1v) is 12.7. The van der Waals surface area contributed by atoms with E-state index in [1.54, 1.807) is 26.5 Å². The molecule has 170 valence electrons. The van der Waals surface area contributed by atoms with Crippen LogP contribution < -0.4 is 0 Å². The molecular formula is C23H33N3O4S. The van der Waals surface area contributed by atoms with Gasteiger partial charge in [-0.05, 0) is 53.0 Å². The molecule has 8 heteroatoms. The second-order valence-corrected chi connectivity index (χ2v) is 10.8. The molecule has 0 aliphatic carbocycles. The van der Waals surface area contributed by atoms with Crippen molar-refractivity contribution in [1.29, 1.82) is 0 Å². The number of carbonyl (C=O) groups is 2. The van der Waals surface area contributed by atoms with Crippen molar-refractivity contribution in [3.05, 3.63) is 30.5 Å². The third-order valence-corrected chi connectivity index (χ3v) is 7.44. The van der Waals surface area contributed by atoms with Crippen LogP contribution in [0, 0.1) is 0 Å². The first-order valence-electron chi connectivity index (χ1n) is 11.0. The van der Waals surface area contributed by atoms with Gasteiger partial charge in [-0.2, -0.15) is 0 Å². The number of benzene rings is 1. The normalized spacial score (nSPS) is 15.1. The molecule has 2 aromatic rings. The minimum atomic E-state index is -3.84. The van der Waals surface area contributed by atoms with Gasteiger partial charge in [0.1, 0.15) is 12.3 Å². The molecule has 1 fully saturated rings. The summed E-state index contributed by atoms with van der Waals surface area (Å²) in [6.45, 7) is 9.14. The summed E-state index contributed by atoms with van der Waals surface area (Å²) < 4.78 is 28.1. The Balaban J connectivity index is 1.91. The number of likely N-dealkylation sites (tertiary alicyclic amines) is 1. The average Bonchev–Trinajstić information content (AvgIpc) is 3.07. The Morgan fingerprint density at radius 2 is 1.61 bits per heavy atom. The van der Waals surface area contributed by atoms with Crippen LogP contribution in [-0.4, -0.2) is 65.5 Å². The van der Waals surface area contributed by atoms with Crippen molar-refractivity contribution in [3.8, 4) is 0 Å². The predicted molar refractivity (Wildman–Crippen MR) is 122 cm³/mol. The Kier molecular flexibility index (Phi) is 7.09. The lowest BCUT2D eigenvalue weighted by Gasteiger charge is -2.31. The first-order chi connectivity index (χ1) is 14.6. The minimum Gasteiger partial charge on any atom is -0.342 e. The topological polar surface area (TPSA) is 79.7 Å². The van der Waals surface area contributed by atoms with Crippen molar-refractivity contribution in [1.82, 2.24) is 14.4 Å². The summed E-state index contributed by atoms with van der Waals surface area (Å²) in [6, 6.07) is 7.22. The van der Waals surface area contributed by atoms with Crippen LogP contribution in [0.4, 0.5) is 0 Å². The van der Waals surface area contributed by atoms with E-state index in [1.165, 1.54) is 6.20 Å². The summed E-state index contributed by atoms with van der Waals surface area (Å²) in [6.07, 6.45) is 4.41. The molecule has 2 amide bonds. The van der Waals surface area contributed by atoms with Crippen molar-refractivity contribution >= 4 is 32.6 Å². The van der Waals surface area contributed by atoms with E-state index in [-0.39, 0.29) is 35.3 Å². The summed E-state index contributed by atoms with van der Waals surface area (Å²) in [5, 5.41) is 0.544. The summed E-state index contributed by atoms with van der Waals surface area (Å²) in [4.78, 5) is 29.2. The quantitative estimate of drug-likeness (QED) is 0.653. The Morgan fingerprint density at radius 1 is 1.00 bits per heavy atom. The van der Waals surface area contributed by atoms with Gasteiger partial charge in [0, 0.05) is 42.3 Å². The smallest absolute Gasteiger partial charge is 0.242 e. The van der Waals surface area contributed by atoms with Crippen LogP contribution in [0.15, 0.2) is 35.4 Å². The number of piperidine rings is 1. The van der Waals surface area contributed by atoms with Crippen molar-refractivity contribution in [2.75, 3.05) is 18.8 Å². The number of carbonyl (C=O) groups excluding carboxylic acids is 2. The lowest BCUT2D eigenvalue weighted by molar-refractivity contribution is -0.135. The lowest BCUT2D eigenvalue weighted by atomic mass is 10.1. The third-order valence-electron chi connectivity index (χ3n) is 5.82. The highest BCUT2D eigenvalue weighted by molar-refractivity contribution is 7.92. The van der Waals surface area contributed by atoms with Gasteiger partial charge >= 0.3 is 0 Å². The molecule has 1 saturated heterocycles. The Bertz CT molecular complexity index is 1040. The molecule has 0 atom stereocenters. The molecule has 3 rings (SSSR count). The van der Waals surface area contributed by atoms with Crippen LogP contribution >= 0.6 is 0 Å². The van der Waals surface area contributed by atoms with Crippen LogP contribution in [0.5, 0.6) is 0 Å². The molecule has 1 aromatic carbocycles. The van der Waals surface area contributed by atoms with E-state index in [9.17, 15) is 18.0 Å². The molecule has 0 radical (unpaired) electrons. The van der Waals surface area contributed by atoms with E-state index in [2.05, 4.69) is 0 Å². The van der Waals surface area contributed by atoms with E-state index in [1.807, 2.05) is 39.8 Å². The summed E-state index contributed by atoms with van der Waals surface area (Å²) in [5.74, 6) is -0.962. The fourth-order valence-electron chi connectivity index (χ4n) is 4.47. The second kappa shape index (κ2) is 9.42. The molecule has 0 bridgehead atoms. The van der Waals surface area contributed by atoms with Crippen molar-refractivity contribution in [2.24, 2.45) is 0 Å². The molecule has 1 aromatic heterocycles. The number of nitrogens with zero attached hydrogens (tertiary/aromatic N) is 3. The van der Waals surface area contributed by atoms with Crippen LogP contribution in [0.1, 0.15) is 47.0 Å². The number of aromatic nitrogens is 1. The zero-order valence-corrected chi connectivity index (χ0v) is 19.7. The van der Waals surface area contributed by atoms with Crippen molar-refractivity contribution < 1.29 is 18.0 Å². The molecule has 0 N–H and O–H groups in total. The van der Waals surface area contributed by atoms with Crippen molar-refractivity contribution in [2.45, 2.75) is 70.5 Å². The fourth-order valence-corrected chi connectivity index (χ4v) is 5.92. The summed E-state index contributed by atoms with van der Waals surface area (Å²) >= 11 is 0. The number of rotatable bonds is 7. The van der Waals surface area contributed by atoms with Gasteiger partial charge in [-0.25, -0.2) is 8.42 Å². The van der Waals surface area contributed by atoms with Gasteiger partial charge in [-0.3, -0.25) is 9.59 Å². The largest absolute Gasteiger partial charge is 0.342 e. The van der Waals surface area contributed by atoms with E-state index >= 15 is 0 Å². The maximum absolute atomic E-state index is 13.2. The predicted octanol–water partition coefficient (Wildman–Crippen LogP) is 3.07. The number of hydrogen-bond acceptors (Lipinski definition) is 4. The molecule has 1 aliphatic rings. The van der Waals surface area contributed by atoms with E-state index in [4.69, 9.17) is 0 Å². The molecule has 1 aliphatic heterocycles. The third kappa shape index (κ3) is 5.11. The van der Waals surface area contributed by atoms with Crippen LogP contribution in [0.3, 0.4) is 0 Å². The monoisotopic (exact) mass is 447 g/mol. The fraction of sp³-hybridized carbons (Fsp3) is 0.565. The van der Waals surface area contributed by atoms with Crippen LogP contribution in [0.25, 0.3) is 10.9 Å². The van der Waals surface area contributed by atoms with Gasteiger partial charge in [0.15, 0.2) is 9.84 Å². The Labute approximate surface area is 184 Å². The summed E-state index contributed by atoms with van der Waals surface area (Å²) in [5.41, 5.74) is 0.673. The van der Waals surface area contributed by atoms with Gasteiger partial charge in [0.2, 0.25) is 11.8 Å². The number of amides is 2. The van der Waals surface area contributed by atoms with E-state index in [0.29, 0.717) is 24.0 Å². The lowest BCUT2D eigenvalue weighted by Crippen LogP contribution is -2.43. The molecular weight excluding hydrogens is 414 g/mol. The molecule has 2 heterocycles. The van der Waals surface area contributed by atoms with Gasteiger partial charge in [-0.1, -0.05) is 18.2 Å². The standard InChI is InChI=1S/C23H33N3O4S/c1-17(2)26(18(3)4)22(27)15-25-14-21(19-10-6-7-11-20(19)25)31(29,30)16-23(28)24-12-8-5-9-13-24/h6-7,10-11,14,17-18H,5,8-9,12-13,15-16H2,1-4H3. The highest BCUT2D eigenvalue weighted by atomic mass is 32.2. The zero-order chi connectivity index (χ0) is 22.8. The zero-order valence-electron chi connectivity index (χ0n) is 18.9. The summed E-state index contributed by atoms with van der Waals surface area (Å²) in [7, 11) is -3.84. The SMILES string of the molecule is CC(C)N(C(=O)Cn1cc(S(=O)(=O)CC(=O)N2CCCCC2)c2ccccc21)C(C)C. The molecule has 0 spiro atoms. The highest BCUT2D eigenvalue weighted by Gasteiger charge is 2.28. The van der Waals surface area contributed by atoms with E-state index < -0.39 is 15.6 Å². The number of fused-ring (bicyclic) bond motifs is 1. The molecule has 31 heavy (non-hydrogen) atoms. The van der Waals surface area contributed by atoms with Crippen LogP contribution in [-0.2, 0) is 26.0 Å². The highest BCUT2D eigenvalue weighted by Crippen LogP contribution is 2.27. The molecule has 7 nitrogen and oxygen atoms in total. The van der Waals surface area contributed by atoms with E-state index in [0.717, 1.165) is 19.3 Å². The van der Waals surface area contributed by atoms with Gasteiger partial charge < -0.3 is 14.4 Å². The van der Waals surface area contributed by atoms with Crippen LogP contribution in [0.2, 0.25) is 0 Å². The number of hydrogen-bond donors (Lipinski definition) is 0. The minimum absolute atomic E-state index is 0.0414. The number of para-hydroxylation sites is 1. The molecule has 0 saturated carbocycles. The second-order valence-electron chi connectivity index (χ2n) is 8.83. The van der Waals surface area contributed by atoms with Crippen molar-refractivity contribution in [3.63, 3.8) is 0 Å². The number of sulfone groups is 1. The van der Waals surface area contributed by atoms with Gasteiger partial charge in [0.25, 0.3) is 0 Å². The Morgan fingerprint density at radius 3 is 2.23 bits per heavy atom. The Hall–Kier alpha value is -2.35. The molecule has 0 unspecified atom stereocenters. The maximum atomic E-state index is 13.2. The maximum Gasteiger partial charge on any atom is 0.242 e. The average molecular weight is 448 g/mol.